The third-order valence-corrected chi connectivity index (χ3v) is 5.43. The van der Waals surface area contributed by atoms with Crippen molar-refractivity contribution in [3.8, 4) is 22.4 Å². The molecule has 1 saturated heterocycles. The molecule has 5 rings (SSSR count). The molecule has 3 aromatic rings. The average Bonchev–Trinajstić information content (AvgIpc) is 3.41. The fourth-order valence-corrected chi connectivity index (χ4v) is 4.02. The minimum Gasteiger partial charge on any atom is -0.383 e. The minimum atomic E-state index is 0.372. The summed E-state index contributed by atoms with van der Waals surface area (Å²) in [5.41, 5.74) is 13.5. The van der Waals surface area contributed by atoms with Crippen molar-refractivity contribution in [2.24, 2.45) is 0 Å². The van der Waals surface area contributed by atoms with Gasteiger partial charge in [0.25, 0.3) is 0 Å². The second-order valence-electron chi connectivity index (χ2n) is 7.12. The lowest BCUT2D eigenvalue weighted by Crippen LogP contribution is -2.20. The highest BCUT2D eigenvalue weighted by atomic mass is 16.5. The molecule has 2 aliphatic rings. The number of hydrogen-bond donors (Lipinski definition) is 3. The van der Waals surface area contributed by atoms with Gasteiger partial charge in [-0.2, -0.15) is 5.10 Å². The standard InChI is InChI=1S/C20H22N6O/c21-20-14(13-9-24-25-10-13)6-12(8-23-20)19-7-15(17-2-1-4-22-17)16-11-27-5-3-18(16)26-19/h6-10,17,22H,1-5,11H2,(H2,21,23)(H,24,25)/t17-/m1/s1. The van der Waals surface area contributed by atoms with Crippen molar-refractivity contribution in [2.45, 2.75) is 31.9 Å². The molecule has 0 bridgehead atoms. The highest BCUT2D eigenvalue weighted by Crippen LogP contribution is 2.34. The lowest BCUT2D eigenvalue weighted by molar-refractivity contribution is 0.108. The molecular formula is C20H22N6O. The molecule has 0 radical (unpaired) electrons. The summed E-state index contributed by atoms with van der Waals surface area (Å²) in [4.78, 5) is 9.36. The van der Waals surface area contributed by atoms with Crippen LogP contribution in [0, 0.1) is 0 Å². The lowest BCUT2D eigenvalue weighted by atomic mass is 9.94. The first-order valence-corrected chi connectivity index (χ1v) is 9.38. The summed E-state index contributed by atoms with van der Waals surface area (Å²) in [6, 6.07) is 4.62. The van der Waals surface area contributed by atoms with Gasteiger partial charge in [0.2, 0.25) is 0 Å². The zero-order chi connectivity index (χ0) is 18.2. The van der Waals surface area contributed by atoms with Gasteiger partial charge in [0, 0.05) is 52.8 Å². The van der Waals surface area contributed by atoms with Crippen LogP contribution in [0.3, 0.4) is 0 Å². The van der Waals surface area contributed by atoms with Crippen molar-refractivity contribution in [1.29, 1.82) is 0 Å². The Balaban J connectivity index is 1.63. The molecule has 0 spiro atoms. The Bertz CT molecular complexity index is 963. The molecule has 4 N–H and O–H groups in total. The van der Waals surface area contributed by atoms with Crippen LogP contribution in [0.1, 0.15) is 35.7 Å². The normalized spacial score (nSPS) is 19.2. The quantitative estimate of drug-likeness (QED) is 0.662. The van der Waals surface area contributed by atoms with Crippen LogP contribution in [0.5, 0.6) is 0 Å². The van der Waals surface area contributed by atoms with Crippen LogP contribution in [-0.2, 0) is 17.8 Å². The topological polar surface area (TPSA) is 102 Å². The number of anilines is 1. The molecule has 1 fully saturated rings. The van der Waals surface area contributed by atoms with Gasteiger partial charge in [-0.25, -0.2) is 4.98 Å². The number of nitrogens with two attached hydrogens (primary N) is 1. The van der Waals surface area contributed by atoms with E-state index in [1.54, 1.807) is 12.4 Å². The summed E-state index contributed by atoms with van der Waals surface area (Å²) in [7, 11) is 0. The molecule has 138 valence electrons. The smallest absolute Gasteiger partial charge is 0.131 e. The summed E-state index contributed by atoms with van der Waals surface area (Å²) in [6.45, 7) is 2.43. The average molecular weight is 362 g/mol. The monoisotopic (exact) mass is 362 g/mol. The Morgan fingerprint density at radius 1 is 1.19 bits per heavy atom. The van der Waals surface area contributed by atoms with E-state index >= 15 is 0 Å². The van der Waals surface area contributed by atoms with Gasteiger partial charge in [-0.3, -0.25) is 10.1 Å². The van der Waals surface area contributed by atoms with E-state index in [0.717, 1.165) is 54.1 Å². The molecule has 3 aromatic heterocycles. The second kappa shape index (κ2) is 6.75. The first kappa shape index (κ1) is 16.4. The van der Waals surface area contributed by atoms with Crippen LogP contribution in [0.25, 0.3) is 22.4 Å². The van der Waals surface area contributed by atoms with Gasteiger partial charge in [0.15, 0.2) is 0 Å². The second-order valence-corrected chi connectivity index (χ2v) is 7.12. The maximum atomic E-state index is 6.10. The first-order valence-electron chi connectivity index (χ1n) is 9.38. The Hall–Kier alpha value is -2.77. The molecule has 0 unspecified atom stereocenters. The number of nitrogens with zero attached hydrogens (tertiary/aromatic N) is 3. The maximum Gasteiger partial charge on any atom is 0.131 e. The van der Waals surface area contributed by atoms with E-state index < -0.39 is 0 Å². The van der Waals surface area contributed by atoms with Crippen LogP contribution in [0.15, 0.2) is 30.7 Å². The molecule has 0 aromatic carbocycles. The van der Waals surface area contributed by atoms with E-state index in [1.807, 2.05) is 12.3 Å². The van der Waals surface area contributed by atoms with Crippen LogP contribution in [0.4, 0.5) is 5.82 Å². The Labute approximate surface area is 157 Å². The van der Waals surface area contributed by atoms with Crippen molar-refractivity contribution in [1.82, 2.24) is 25.5 Å². The first-order chi connectivity index (χ1) is 13.3. The molecule has 0 saturated carbocycles. The molecule has 7 nitrogen and oxygen atoms in total. The molecule has 0 amide bonds. The van der Waals surface area contributed by atoms with Crippen molar-refractivity contribution in [3.63, 3.8) is 0 Å². The molecule has 5 heterocycles. The van der Waals surface area contributed by atoms with Crippen LogP contribution >= 0.6 is 0 Å². The number of ether oxygens (including phenoxy) is 1. The predicted molar refractivity (Wildman–Crippen MR) is 103 cm³/mol. The van der Waals surface area contributed by atoms with Crippen LogP contribution in [0.2, 0.25) is 0 Å². The minimum absolute atomic E-state index is 0.372. The van der Waals surface area contributed by atoms with E-state index in [0.29, 0.717) is 18.5 Å². The molecular weight excluding hydrogens is 340 g/mol. The maximum absolute atomic E-state index is 6.10. The fourth-order valence-electron chi connectivity index (χ4n) is 4.02. The van der Waals surface area contributed by atoms with Gasteiger partial charge in [-0.1, -0.05) is 0 Å². The fraction of sp³-hybridized carbons (Fsp3) is 0.350. The van der Waals surface area contributed by atoms with Gasteiger partial charge in [-0.05, 0) is 37.1 Å². The van der Waals surface area contributed by atoms with E-state index in [9.17, 15) is 0 Å². The highest BCUT2D eigenvalue weighted by molar-refractivity contribution is 5.78. The summed E-state index contributed by atoms with van der Waals surface area (Å²) < 4.78 is 5.72. The van der Waals surface area contributed by atoms with Crippen molar-refractivity contribution >= 4 is 5.82 Å². The van der Waals surface area contributed by atoms with Gasteiger partial charge in [-0.15, -0.1) is 0 Å². The van der Waals surface area contributed by atoms with E-state index in [2.05, 4.69) is 26.6 Å². The number of fused-ring (bicyclic) bond motifs is 1. The molecule has 7 heteroatoms. The number of H-pyrrole nitrogens is 1. The Kier molecular flexibility index (Phi) is 4.10. The summed E-state index contributed by atoms with van der Waals surface area (Å²) >= 11 is 0. The Morgan fingerprint density at radius 2 is 2.15 bits per heavy atom. The van der Waals surface area contributed by atoms with Crippen LogP contribution in [-0.4, -0.2) is 33.3 Å². The van der Waals surface area contributed by atoms with E-state index in [1.165, 1.54) is 17.5 Å². The van der Waals surface area contributed by atoms with Gasteiger partial charge in [0.05, 0.1) is 25.1 Å². The summed E-state index contributed by atoms with van der Waals surface area (Å²) in [5.74, 6) is 0.490. The third kappa shape index (κ3) is 2.98. The number of pyridine rings is 2. The van der Waals surface area contributed by atoms with Crippen molar-refractivity contribution in [3.05, 3.63) is 47.5 Å². The van der Waals surface area contributed by atoms with Gasteiger partial charge < -0.3 is 15.8 Å². The lowest BCUT2D eigenvalue weighted by Gasteiger charge is -2.24. The van der Waals surface area contributed by atoms with Crippen LogP contribution < -0.4 is 11.1 Å². The molecule has 2 aliphatic heterocycles. The number of nitrogens with one attached hydrogen (secondary N) is 2. The number of nitrogen functional groups attached to an aromatic ring is 1. The molecule has 27 heavy (non-hydrogen) atoms. The zero-order valence-corrected chi connectivity index (χ0v) is 15.0. The van der Waals surface area contributed by atoms with Crippen molar-refractivity contribution in [2.75, 3.05) is 18.9 Å². The number of hydrogen-bond acceptors (Lipinski definition) is 6. The molecule has 1 atom stereocenters. The van der Waals surface area contributed by atoms with E-state index in [4.69, 9.17) is 15.5 Å². The van der Waals surface area contributed by atoms with Crippen molar-refractivity contribution < 1.29 is 4.74 Å². The predicted octanol–water partition coefficient (Wildman–Crippen LogP) is 2.61. The summed E-state index contributed by atoms with van der Waals surface area (Å²) in [5, 5.41) is 10.5. The SMILES string of the molecule is Nc1ncc(-c2cc([C@H]3CCCN3)c3c(n2)CCOC3)cc1-c1cn[nH]c1. The highest BCUT2D eigenvalue weighted by Gasteiger charge is 2.25. The molecule has 0 aliphatic carbocycles. The number of aromatic amines is 1. The third-order valence-electron chi connectivity index (χ3n) is 5.43. The largest absolute Gasteiger partial charge is 0.383 e. The zero-order valence-electron chi connectivity index (χ0n) is 15.0. The van der Waals surface area contributed by atoms with Gasteiger partial charge in [0.1, 0.15) is 5.82 Å². The summed E-state index contributed by atoms with van der Waals surface area (Å²) in [6.07, 6.45) is 8.58. The van der Waals surface area contributed by atoms with Gasteiger partial charge >= 0.3 is 0 Å². The Morgan fingerprint density at radius 3 is 2.96 bits per heavy atom. The number of rotatable bonds is 3. The number of aromatic nitrogens is 4. The van der Waals surface area contributed by atoms with E-state index in [-0.39, 0.29) is 0 Å².